The molecule has 2 atom stereocenters. The molecule has 1 heterocycles. The Kier molecular flexibility index (Phi) is 3.38. The van der Waals surface area contributed by atoms with E-state index >= 15 is 0 Å². The van der Waals surface area contributed by atoms with Crippen LogP contribution < -0.4 is 5.32 Å². The summed E-state index contributed by atoms with van der Waals surface area (Å²) in [6, 6.07) is 0.0233. The highest BCUT2D eigenvalue weighted by atomic mass is 16.3. The zero-order chi connectivity index (χ0) is 11.6. The van der Waals surface area contributed by atoms with Crippen molar-refractivity contribution in [3.05, 3.63) is 0 Å². The normalized spacial score (nSPS) is 34.4. The lowest BCUT2D eigenvalue weighted by molar-refractivity contribution is -0.0870. The molecule has 2 amide bonds. The van der Waals surface area contributed by atoms with Gasteiger partial charge in [-0.2, -0.15) is 0 Å². The zero-order valence-electron chi connectivity index (χ0n) is 10.0. The molecule has 0 aromatic carbocycles. The van der Waals surface area contributed by atoms with Crippen LogP contribution in [0.15, 0.2) is 0 Å². The molecule has 4 nitrogen and oxygen atoms in total. The Morgan fingerprint density at radius 1 is 1.50 bits per heavy atom. The van der Waals surface area contributed by atoms with Gasteiger partial charge in [-0.15, -0.1) is 0 Å². The van der Waals surface area contributed by atoms with Crippen molar-refractivity contribution in [2.24, 2.45) is 5.92 Å². The molecule has 1 aliphatic carbocycles. The lowest BCUT2D eigenvalue weighted by Gasteiger charge is -2.47. The molecule has 92 valence electrons. The molecule has 2 unspecified atom stereocenters. The van der Waals surface area contributed by atoms with Gasteiger partial charge >= 0.3 is 6.03 Å². The fourth-order valence-electron chi connectivity index (χ4n) is 3.02. The molecule has 2 aliphatic rings. The minimum absolute atomic E-state index is 0.0233. The summed E-state index contributed by atoms with van der Waals surface area (Å²) in [4.78, 5) is 13.6. The Balaban J connectivity index is 1.96. The number of carbonyl (C=O) groups is 1. The van der Waals surface area contributed by atoms with Gasteiger partial charge < -0.3 is 15.3 Å². The minimum Gasteiger partial charge on any atom is -0.389 e. The number of aliphatic hydroxyl groups is 1. The van der Waals surface area contributed by atoms with E-state index in [1.807, 2.05) is 11.8 Å². The second-order valence-corrected chi connectivity index (χ2v) is 5.08. The van der Waals surface area contributed by atoms with E-state index in [0.717, 1.165) is 32.2 Å². The van der Waals surface area contributed by atoms with Crippen LogP contribution in [0.5, 0.6) is 0 Å². The van der Waals surface area contributed by atoms with Gasteiger partial charge in [0.15, 0.2) is 0 Å². The summed E-state index contributed by atoms with van der Waals surface area (Å²) in [6.07, 6.45) is 5.05. The van der Waals surface area contributed by atoms with E-state index in [9.17, 15) is 9.90 Å². The number of nitrogens with zero attached hydrogens (tertiary/aromatic N) is 1. The van der Waals surface area contributed by atoms with E-state index in [2.05, 4.69) is 5.32 Å². The fourth-order valence-corrected chi connectivity index (χ4v) is 3.02. The predicted octanol–water partition coefficient (Wildman–Crippen LogP) is 1.34. The van der Waals surface area contributed by atoms with Crippen LogP contribution in [0.2, 0.25) is 0 Å². The molecule has 1 saturated heterocycles. The van der Waals surface area contributed by atoms with E-state index in [1.54, 1.807) is 0 Å². The highest BCUT2D eigenvalue weighted by Crippen LogP contribution is 2.39. The maximum absolute atomic E-state index is 11.7. The number of piperidine rings is 1. The van der Waals surface area contributed by atoms with Gasteiger partial charge in [-0.05, 0) is 26.2 Å². The molecular formula is C12H22N2O2. The summed E-state index contributed by atoms with van der Waals surface area (Å²) in [7, 11) is 0. The van der Waals surface area contributed by atoms with Gasteiger partial charge in [0.1, 0.15) is 0 Å². The Morgan fingerprint density at radius 3 is 3.06 bits per heavy atom. The van der Waals surface area contributed by atoms with Gasteiger partial charge in [0, 0.05) is 25.6 Å². The monoisotopic (exact) mass is 226 g/mol. The molecule has 0 aromatic heterocycles. The van der Waals surface area contributed by atoms with Crippen molar-refractivity contribution in [1.82, 2.24) is 10.2 Å². The second kappa shape index (κ2) is 4.62. The third kappa shape index (κ3) is 2.17. The molecule has 0 aromatic rings. The van der Waals surface area contributed by atoms with Gasteiger partial charge in [-0.25, -0.2) is 4.79 Å². The summed E-state index contributed by atoms with van der Waals surface area (Å²) >= 11 is 0. The lowest BCUT2D eigenvalue weighted by Crippen LogP contribution is -2.56. The standard InChI is InChI=1S/C12H22N2O2/c1-2-13-11(15)14-8-7-12(16)6-4-3-5-10(12)9-14/h10,16H,2-9H2,1H3,(H,13,15). The maximum atomic E-state index is 11.7. The fraction of sp³-hybridized carbons (Fsp3) is 0.917. The first-order valence-electron chi connectivity index (χ1n) is 6.41. The first kappa shape index (κ1) is 11.7. The highest BCUT2D eigenvalue weighted by Gasteiger charge is 2.43. The zero-order valence-corrected chi connectivity index (χ0v) is 10.0. The summed E-state index contributed by atoms with van der Waals surface area (Å²) in [6.45, 7) is 4.02. The molecule has 16 heavy (non-hydrogen) atoms. The van der Waals surface area contributed by atoms with Gasteiger partial charge in [-0.3, -0.25) is 0 Å². The van der Waals surface area contributed by atoms with Gasteiger partial charge in [0.25, 0.3) is 0 Å². The molecule has 4 heteroatoms. The summed E-state index contributed by atoms with van der Waals surface area (Å²) in [5.41, 5.74) is -0.485. The van der Waals surface area contributed by atoms with Crippen molar-refractivity contribution in [1.29, 1.82) is 0 Å². The number of nitrogens with one attached hydrogen (secondary N) is 1. The molecular weight excluding hydrogens is 204 g/mol. The molecule has 1 aliphatic heterocycles. The highest BCUT2D eigenvalue weighted by molar-refractivity contribution is 5.74. The van der Waals surface area contributed by atoms with Crippen LogP contribution in [0.4, 0.5) is 4.79 Å². The molecule has 0 radical (unpaired) electrons. The quantitative estimate of drug-likeness (QED) is 0.709. The van der Waals surface area contributed by atoms with Crippen molar-refractivity contribution in [3.8, 4) is 0 Å². The predicted molar refractivity (Wildman–Crippen MR) is 62.2 cm³/mol. The number of fused-ring (bicyclic) bond motifs is 1. The number of likely N-dealkylation sites (tertiary alicyclic amines) is 1. The second-order valence-electron chi connectivity index (χ2n) is 5.08. The first-order chi connectivity index (χ1) is 7.65. The van der Waals surface area contributed by atoms with E-state index < -0.39 is 5.60 Å². The number of amides is 2. The Hall–Kier alpha value is -0.770. The molecule has 0 bridgehead atoms. The van der Waals surface area contributed by atoms with Crippen molar-refractivity contribution in [3.63, 3.8) is 0 Å². The summed E-state index contributed by atoms with van der Waals surface area (Å²) in [5.74, 6) is 0.289. The van der Waals surface area contributed by atoms with Crippen molar-refractivity contribution in [2.45, 2.75) is 44.6 Å². The summed E-state index contributed by atoms with van der Waals surface area (Å²) < 4.78 is 0. The Bertz CT molecular complexity index is 270. The number of carbonyl (C=O) groups excluding carboxylic acids is 1. The van der Waals surface area contributed by atoms with E-state index in [0.29, 0.717) is 13.1 Å². The van der Waals surface area contributed by atoms with Crippen LogP contribution in [0.3, 0.4) is 0 Å². The number of urea groups is 1. The van der Waals surface area contributed by atoms with E-state index in [-0.39, 0.29) is 11.9 Å². The third-order valence-corrected chi connectivity index (χ3v) is 4.04. The maximum Gasteiger partial charge on any atom is 0.317 e. The van der Waals surface area contributed by atoms with Gasteiger partial charge in [-0.1, -0.05) is 12.8 Å². The molecule has 2 rings (SSSR count). The largest absolute Gasteiger partial charge is 0.389 e. The minimum atomic E-state index is -0.485. The van der Waals surface area contributed by atoms with Crippen LogP contribution in [0.1, 0.15) is 39.0 Å². The van der Waals surface area contributed by atoms with Crippen molar-refractivity contribution in [2.75, 3.05) is 19.6 Å². The van der Waals surface area contributed by atoms with Crippen LogP contribution in [-0.2, 0) is 0 Å². The third-order valence-electron chi connectivity index (χ3n) is 4.04. The molecule has 2 fully saturated rings. The van der Waals surface area contributed by atoms with E-state index in [4.69, 9.17) is 0 Å². The first-order valence-corrected chi connectivity index (χ1v) is 6.41. The van der Waals surface area contributed by atoms with Crippen LogP contribution in [-0.4, -0.2) is 41.3 Å². The average molecular weight is 226 g/mol. The van der Waals surface area contributed by atoms with E-state index in [1.165, 1.54) is 6.42 Å². The molecule has 1 saturated carbocycles. The van der Waals surface area contributed by atoms with Crippen LogP contribution in [0.25, 0.3) is 0 Å². The van der Waals surface area contributed by atoms with Crippen molar-refractivity contribution >= 4 is 6.03 Å². The number of hydrogen-bond acceptors (Lipinski definition) is 2. The lowest BCUT2D eigenvalue weighted by atomic mass is 9.71. The SMILES string of the molecule is CCNC(=O)N1CCC2(O)CCCCC2C1. The summed E-state index contributed by atoms with van der Waals surface area (Å²) in [5, 5.41) is 13.3. The van der Waals surface area contributed by atoms with Crippen LogP contribution >= 0.6 is 0 Å². The molecule has 0 spiro atoms. The smallest absolute Gasteiger partial charge is 0.317 e. The number of hydrogen-bond donors (Lipinski definition) is 2. The van der Waals surface area contributed by atoms with Gasteiger partial charge in [0.2, 0.25) is 0 Å². The molecule has 2 N–H and O–H groups in total. The average Bonchev–Trinajstić information content (AvgIpc) is 2.28. The number of rotatable bonds is 1. The topological polar surface area (TPSA) is 52.6 Å². The van der Waals surface area contributed by atoms with Crippen LogP contribution in [0, 0.1) is 5.92 Å². The van der Waals surface area contributed by atoms with Crippen molar-refractivity contribution < 1.29 is 9.90 Å². The Labute approximate surface area is 97.0 Å². The van der Waals surface area contributed by atoms with Gasteiger partial charge in [0.05, 0.1) is 5.60 Å². The Morgan fingerprint density at radius 2 is 2.31 bits per heavy atom.